The predicted molar refractivity (Wildman–Crippen MR) is 138 cm³/mol. The van der Waals surface area contributed by atoms with Crippen LogP contribution in [-0.4, -0.2) is 13.0 Å². The molecule has 0 radical (unpaired) electrons. The molecule has 0 fully saturated rings. The summed E-state index contributed by atoms with van der Waals surface area (Å²) in [7, 11) is 1.57. The molecule has 3 aromatic rings. The maximum Gasteiger partial charge on any atom is 0.224 e. The van der Waals surface area contributed by atoms with E-state index in [4.69, 9.17) is 21.1 Å². The molecule has 1 amide bonds. The Hall–Kier alpha value is -2.77. The molecular weight excluding hydrogens is 523 g/mol. The van der Waals surface area contributed by atoms with Crippen LogP contribution < -0.4 is 20.1 Å². The number of hydrogen-bond donors (Lipinski definition) is 2. The van der Waals surface area contributed by atoms with Crippen molar-refractivity contribution in [2.45, 2.75) is 33.4 Å². The van der Waals surface area contributed by atoms with Gasteiger partial charge in [0.15, 0.2) is 11.5 Å². The lowest BCUT2D eigenvalue weighted by atomic mass is 10.1. The van der Waals surface area contributed by atoms with Crippen LogP contribution in [0.4, 0.5) is 15.8 Å². The Kier molecular flexibility index (Phi) is 9.19. The zero-order valence-corrected chi connectivity index (χ0v) is 21.6. The quantitative estimate of drug-likeness (QED) is 0.276. The molecule has 34 heavy (non-hydrogen) atoms. The number of methoxy groups -OCH3 is 1. The zero-order valence-electron chi connectivity index (χ0n) is 19.3. The van der Waals surface area contributed by atoms with Crippen molar-refractivity contribution in [2.24, 2.45) is 5.92 Å². The topological polar surface area (TPSA) is 59.6 Å². The van der Waals surface area contributed by atoms with Gasteiger partial charge in [-0.25, -0.2) is 4.39 Å². The summed E-state index contributed by atoms with van der Waals surface area (Å²) < 4.78 is 25.4. The lowest BCUT2D eigenvalue weighted by Crippen LogP contribution is -2.13. The molecule has 0 aliphatic heterocycles. The van der Waals surface area contributed by atoms with Gasteiger partial charge in [-0.05, 0) is 69.9 Å². The van der Waals surface area contributed by atoms with Crippen molar-refractivity contribution in [1.29, 1.82) is 0 Å². The van der Waals surface area contributed by atoms with Gasteiger partial charge in [0.2, 0.25) is 5.91 Å². The minimum atomic E-state index is -0.396. The number of carbonyl (C=O) groups is 1. The summed E-state index contributed by atoms with van der Waals surface area (Å²) in [5.41, 5.74) is 3.26. The monoisotopic (exact) mass is 548 g/mol. The number of hydrogen-bond acceptors (Lipinski definition) is 4. The number of ether oxygens (including phenoxy) is 2. The average molecular weight is 550 g/mol. The van der Waals surface area contributed by atoms with Crippen molar-refractivity contribution in [3.05, 3.63) is 81.0 Å². The highest BCUT2D eigenvalue weighted by atomic mass is 79.9. The second-order valence-corrected chi connectivity index (χ2v) is 9.48. The minimum Gasteiger partial charge on any atom is -0.493 e. The van der Waals surface area contributed by atoms with E-state index in [9.17, 15) is 9.18 Å². The van der Waals surface area contributed by atoms with E-state index in [-0.39, 0.29) is 12.5 Å². The Balaban J connectivity index is 1.66. The second-order valence-electron chi connectivity index (χ2n) is 8.21. The summed E-state index contributed by atoms with van der Waals surface area (Å²) in [6, 6.07) is 15.6. The normalized spacial score (nSPS) is 10.8. The third kappa shape index (κ3) is 7.37. The van der Waals surface area contributed by atoms with Crippen molar-refractivity contribution in [3.63, 3.8) is 0 Å². The number of benzene rings is 3. The Morgan fingerprint density at radius 1 is 1.12 bits per heavy atom. The molecule has 8 heteroatoms. The molecular formula is C26H27BrClFN2O3. The van der Waals surface area contributed by atoms with Crippen LogP contribution in [0, 0.1) is 11.7 Å². The van der Waals surface area contributed by atoms with E-state index in [0.29, 0.717) is 41.0 Å². The first kappa shape index (κ1) is 25.8. The van der Waals surface area contributed by atoms with Gasteiger partial charge in [0, 0.05) is 29.9 Å². The Labute approximate surface area is 212 Å². The van der Waals surface area contributed by atoms with Crippen LogP contribution in [0.5, 0.6) is 11.5 Å². The van der Waals surface area contributed by atoms with E-state index in [1.54, 1.807) is 13.2 Å². The Morgan fingerprint density at radius 3 is 2.59 bits per heavy atom. The van der Waals surface area contributed by atoms with Gasteiger partial charge in [-0.1, -0.05) is 37.6 Å². The fraction of sp³-hybridized carbons (Fsp3) is 0.269. The molecule has 0 atom stereocenters. The summed E-state index contributed by atoms with van der Waals surface area (Å²) >= 11 is 9.65. The maximum absolute atomic E-state index is 13.3. The third-order valence-electron chi connectivity index (χ3n) is 4.91. The van der Waals surface area contributed by atoms with E-state index in [1.165, 1.54) is 12.1 Å². The molecule has 0 spiro atoms. The van der Waals surface area contributed by atoms with Gasteiger partial charge < -0.3 is 20.1 Å². The highest BCUT2D eigenvalue weighted by molar-refractivity contribution is 9.10. The number of amides is 1. The molecule has 0 aromatic heterocycles. The standard InChI is InChI=1S/C26H27BrClFN2O3/c1-16(2)9-25(32)31-21-6-4-5-20(13-21)30-14-17-10-22(27)26(24(11-17)33-3)34-15-18-7-8-19(29)12-23(18)28/h4-8,10-13,16,30H,9,14-15H2,1-3H3,(H,31,32). The minimum absolute atomic E-state index is 0.00155. The number of carbonyl (C=O) groups excluding carboxylic acids is 1. The Bertz CT molecular complexity index is 1160. The van der Waals surface area contributed by atoms with E-state index in [1.807, 2.05) is 50.2 Å². The largest absolute Gasteiger partial charge is 0.493 e. The molecule has 3 rings (SSSR count). The summed E-state index contributed by atoms with van der Waals surface area (Å²) in [4.78, 5) is 12.0. The van der Waals surface area contributed by atoms with Gasteiger partial charge in [0.25, 0.3) is 0 Å². The first-order valence-corrected chi connectivity index (χ1v) is 12.0. The van der Waals surface area contributed by atoms with E-state index >= 15 is 0 Å². The first-order chi connectivity index (χ1) is 16.2. The number of nitrogens with one attached hydrogen (secondary N) is 2. The second kappa shape index (κ2) is 12.1. The van der Waals surface area contributed by atoms with E-state index < -0.39 is 5.82 Å². The van der Waals surface area contributed by atoms with Crippen molar-refractivity contribution in [3.8, 4) is 11.5 Å². The molecule has 3 aromatic carbocycles. The molecule has 0 unspecified atom stereocenters. The molecule has 180 valence electrons. The smallest absolute Gasteiger partial charge is 0.224 e. The van der Waals surface area contributed by atoms with E-state index in [2.05, 4.69) is 26.6 Å². The van der Waals surface area contributed by atoms with E-state index in [0.717, 1.165) is 21.4 Å². The summed E-state index contributed by atoms with van der Waals surface area (Å²) in [5.74, 6) is 0.987. The molecule has 0 saturated heterocycles. The molecule has 2 N–H and O–H groups in total. The first-order valence-electron chi connectivity index (χ1n) is 10.8. The maximum atomic E-state index is 13.3. The van der Waals surface area contributed by atoms with Crippen LogP contribution in [0.25, 0.3) is 0 Å². The van der Waals surface area contributed by atoms with Gasteiger partial charge >= 0.3 is 0 Å². The highest BCUT2D eigenvalue weighted by Gasteiger charge is 2.13. The molecule has 0 heterocycles. The fourth-order valence-electron chi connectivity index (χ4n) is 3.30. The van der Waals surface area contributed by atoms with Crippen molar-refractivity contribution < 1.29 is 18.7 Å². The predicted octanol–water partition coefficient (Wildman–Crippen LogP) is 7.43. The molecule has 0 aliphatic carbocycles. The summed E-state index contributed by atoms with van der Waals surface area (Å²) in [5, 5.41) is 6.59. The van der Waals surface area contributed by atoms with Crippen LogP contribution in [-0.2, 0) is 17.9 Å². The summed E-state index contributed by atoms with van der Waals surface area (Å²) in [6.07, 6.45) is 0.479. The number of anilines is 2. The molecule has 0 saturated carbocycles. The SMILES string of the molecule is COc1cc(CNc2cccc(NC(=O)CC(C)C)c2)cc(Br)c1OCc1ccc(F)cc1Cl. The van der Waals surface area contributed by atoms with Crippen molar-refractivity contribution in [2.75, 3.05) is 17.7 Å². The number of halogens is 3. The molecule has 0 bridgehead atoms. The van der Waals surface area contributed by atoms with Crippen molar-refractivity contribution in [1.82, 2.24) is 0 Å². The van der Waals surface area contributed by atoms with Crippen molar-refractivity contribution >= 4 is 44.8 Å². The lowest BCUT2D eigenvalue weighted by Gasteiger charge is -2.16. The van der Waals surface area contributed by atoms with Crippen LogP contribution in [0.15, 0.2) is 59.1 Å². The Morgan fingerprint density at radius 2 is 1.88 bits per heavy atom. The zero-order chi connectivity index (χ0) is 24.7. The van der Waals surface area contributed by atoms with Crippen LogP contribution in [0.1, 0.15) is 31.4 Å². The van der Waals surface area contributed by atoms with Crippen LogP contribution in [0.2, 0.25) is 5.02 Å². The lowest BCUT2D eigenvalue weighted by molar-refractivity contribution is -0.116. The third-order valence-corrected chi connectivity index (χ3v) is 5.85. The van der Waals surface area contributed by atoms with Gasteiger partial charge in [-0.15, -0.1) is 0 Å². The van der Waals surface area contributed by atoms with Gasteiger partial charge in [0.05, 0.1) is 16.6 Å². The van der Waals surface area contributed by atoms with Gasteiger partial charge in [-0.3, -0.25) is 4.79 Å². The average Bonchev–Trinajstić information content (AvgIpc) is 2.77. The van der Waals surface area contributed by atoms with Gasteiger partial charge in [0.1, 0.15) is 12.4 Å². The molecule has 0 aliphatic rings. The van der Waals surface area contributed by atoms with Crippen LogP contribution in [0.3, 0.4) is 0 Å². The number of rotatable bonds is 10. The van der Waals surface area contributed by atoms with Crippen LogP contribution >= 0.6 is 27.5 Å². The van der Waals surface area contributed by atoms with Gasteiger partial charge in [-0.2, -0.15) is 0 Å². The highest BCUT2D eigenvalue weighted by Crippen LogP contribution is 2.38. The molecule has 5 nitrogen and oxygen atoms in total. The fourth-order valence-corrected chi connectivity index (χ4v) is 4.12. The summed E-state index contributed by atoms with van der Waals surface area (Å²) in [6.45, 7) is 4.72.